The van der Waals surface area contributed by atoms with Crippen LogP contribution in [0.3, 0.4) is 0 Å². The maximum Gasteiger partial charge on any atom is 0.328 e. The molecule has 2 heteroatoms. The number of unbranched alkanes of at least 4 members (excludes halogenated alkanes) is 21. The Balaban J connectivity index is 3.18. The number of hydrogen-bond acceptors (Lipinski definition) is 1. The lowest BCUT2D eigenvalue weighted by Gasteiger charge is -2.04. The van der Waals surface area contributed by atoms with Crippen molar-refractivity contribution in [3.05, 3.63) is 48.6 Å². The molecule has 0 heterocycles. The van der Waals surface area contributed by atoms with E-state index in [0.717, 1.165) is 12.5 Å². The predicted octanol–water partition coefficient (Wildman–Crippen LogP) is 10.9. The van der Waals surface area contributed by atoms with E-state index < -0.39 is 5.97 Å². The standard InChI is InChI=1S/C32H56O2/c1-2-3-4-5-6-7-8-9-10-11-12-13-14-15-16-17-18-19-20-21-22-23-24-25-26-27-28-29-30-31-32(33)34/h24-31H,2-23H2,1H3,(H,33,34)/b25-24+,27-26+,29-28+,31-30+. The Kier molecular flexibility index (Phi) is 28.1. The SMILES string of the molecule is CCCCCCCCCCCCCCCCCCCCCCC/C=C/C=C/C=C/C=C/C(=O)O. The Labute approximate surface area is 212 Å². The van der Waals surface area contributed by atoms with Crippen molar-refractivity contribution in [2.24, 2.45) is 0 Å². The van der Waals surface area contributed by atoms with E-state index in [1.165, 1.54) is 141 Å². The summed E-state index contributed by atoms with van der Waals surface area (Å²) in [4.78, 5) is 10.3. The Hall–Kier alpha value is -1.57. The van der Waals surface area contributed by atoms with Gasteiger partial charge in [-0.15, -0.1) is 0 Å². The lowest BCUT2D eigenvalue weighted by molar-refractivity contribution is -0.131. The van der Waals surface area contributed by atoms with E-state index in [1.807, 2.05) is 18.2 Å². The predicted molar refractivity (Wildman–Crippen MR) is 151 cm³/mol. The van der Waals surface area contributed by atoms with Crippen LogP contribution in [0.25, 0.3) is 0 Å². The Morgan fingerprint density at radius 3 is 1.18 bits per heavy atom. The average molecular weight is 473 g/mol. The summed E-state index contributed by atoms with van der Waals surface area (Å²) < 4.78 is 0. The van der Waals surface area contributed by atoms with Crippen LogP contribution >= 0.6 is 0 Å². The van der Waals surface area contributed by atoms with Gasteiger partial charge >= 0.3 is 5.97 Å². The van der Waals surface area contributed by atoms with Crippen LogP contribution in [0.4, 0.5) is 0 Å². The van der Waals surface area contributed by atoms with Gasteiger partial charge in [0.25, 0.3) is 0 Å². The van der Waals surface area contributed by atoms with Crippen LogP contribution in [0.2, 0.25) is 0 Å². The minimum atomic E-state index is -0.918. The van der Waals surface area contributed by atoms with E-state index in [0.29, 0.717) is 0 Å². The highest BCUT2D eigenvalue weighted by Gasteiger charge is 1.95. The molecule has 34 heavy (non-hydrogen) atoms. The van der Waals surface area contributed by atoms with Gasteiger partial charge in [-0.2, -0.15) is 0 Å². The van der Waals surface area contributed by atoms with Crippen LogP contribution in [0, 0.1) is 0 Å². The van der Waals surface area contributed by atoms with Crippen molar-refractivity contribution >= 4 is 5.97 Å². The fraction of sp³-hybridized carbons (Fsp3) is 0.719. The van der Waals surface area contributed by atoms with Gasteiger partial charge < -0.3 is 5.11 Å². The van der Waals surface area contributed by atoms with Gasteiger partial charge in [-0.3, -0.25) is 0 Å². The molecule has 0 aliphatic rings. The summed E-state index contributed by atoms with van der Waals surface area (Å²) in [7, 11) is 0. The molecular weight excluding hydrogens is 416 g/mol. The number of carboxylic acid groups (broad SMARTS) is 1. The second-order valence-electron chi connectivity index (χ2n) is 9.76. The minimum Gasteiger partial charge on any atom is -0.478 e. The minimum absolute atomic E-state index is 0.918. The highest BCUT2D eigenvalue weighted by Crippen LogP contribution is 2.15. The normalized spacial score (nSPS) is 12.3. The zero-order chi connectivity index (χ0) is 24.8. The summed E-state index contributed by atoms with van der Waals surface area (Å²) in [5, 5.41) is 8.46. The van der Waals surface area contributed by atoms with Gasteiger partial charge in [-0.25, -0.2) is 4.79 Å². The van der Waals surface area contributed by atoms with Crippen LogP contribution in [0.15, 0.2) is 48.6 Å². The highest BCUT2D eigenvalue weighted by molar-refractivity contribution is 5.80. The summed E-state index contributed by atoms with van der Waals surface area (Å²) in [6, 6.07) is 0. The molecular formula is C32H56O2. The lowest BCUT2D eigenvalue weighted by Crippen LogP contribution is -1.84. The molecule has 0 aromatic rings. The van der Waals surface area contributed by atoms with Crippen LogP contribution in [-0.2, 0) is 4.79 Å². The molecule has 0 amide bonds. The smallest absolute Gasteiger partial charge is 0.328 e. The molecule has 2 nitrogen and oxygen atoms in total. The third-order valence-corrected chi connectivity index (χ3v) is 6.40. The second-order valence-corrected chi connectivity index (χ2v) is 9.76. The van der Waals surface area contributed by atoms with Crippen molar-refractivity contribution in [2.75, 3.05) is 0 Å². The Morgan fingerprint density at radius 2 is 0.794 bits per heavy atom. The molecule has 0 aromatic carbocycles. The van der Waals surface area contributed by atoms with Crippen molar-refractivity contribution in [1.82, 2.24) is 0 Å². The highest BCUT2D eigenvalue weighted by atomic mass is 16.4. The maximum absolute atomic E-state index is 10.3. The van der Waals surface area contributed by atoms with Crippen LogP contribution in [-0.4, -0.2) is 11.1 Å². The first-order valence-corrected chi connectivity index (χ1v) is 14.7. The zero-order valence-corrected chi connectivity index (χ0v) is 22.5. The van der Waals surface area contributed by atoms with Gasteiger partial charge in [0, 0.05) is 6.08 Å². The summed E-state index contributed by atoms with van der Waals surface area (Å²) in [6.07, 6.45) is 45.5. The first kappa shape index (κ1) is 32.4. The zero-order valence-electron chi connectivity index (χ0n) is 22.5. The number of allylic oxidation sites excluding steroid dienone is 7. The van der Waals surface area contributed by atoms with Gasteiger partial charge in [-0.05, 0) is 12.8 Å². The van der Waals surface area contributed by atoms with Gasteiger partial charge in [0.1, 0.15) is 0 Å². The fourth-order valence-electron chi connectivity index (χ4n) is 4.26. The Morgan fingerprint density at radius 1 is 0.471 bits per heavy atom. The molecule has 1 N–H and O–H groups in total. The van der Waals surface area contributed by atoms with Crippen molar-refractivity contribution in [3.8, 4) is 0 Å². The molecule has 0 saturated carbocycles. The molecule has 0 atom stereocenters. The number of carboxylic acids is 1. The van der Waals surface area contributed by atoms with E-state index >= 15 is 0 Å². The van der Waals surface area contributed by atoms with Crippen molar-refractivity contribution in [2.45, 2.75) is 148 Å². The molecule has 0 spiro atoms. The quantitative estimate of drug-likeness (QED) is 0.0772. The van der Waals surface area contributed by atoms with Gasteiger partial charge in [0.2, 0.25) is 0 Å². The maximum atomic E-state index is 10.3. The van der Waals surface area contributed by atoms with Crippen LogP contribution < -0.4 is 0 Å². The fourth-order valence-corrected chi connectivity index (χ4v) is 4.26. The number of aliphatic carboxylic acids is 1. The molecule has 0 aromatic heterocycles. The molecule has 0 aliphatic heterocycles. The Bertz CT molecular complexity index is 527. The summed E-state index contributed by atoms with van der Waals surface area (Å²) in [6.45, 7) is 2.29. The van der Waals surface area contributed by atoms with Gasteiger partial charge in [0.05, 0.1) is 0 Å². The van der Waals surface area contributed by atoms with E-state index in [2.05, 4.69) is 19.1 Å². The first-order chi connectivity index (χ1) is 16.8. The van der Waals surface area contributed by atoms with E-state index in [-0.39, 0.29) is 0 Å². The van der Waals surface area contributed by atoms with Crippen LogP contribution in [0.1, 0.15) is 148 Å². The van der Waals surface area contributed by atoms with Crippen molar-refractivity contribution in [3.63, 3.8) is 0 Å². The molecule has 0 unspecified atom stereocenters. The molecule has 0 fully saturated rings. The van der Waals surface area contributed by atoms with Gasteiger partial charge in [0.15, 0.2) is 0 Å². The average Bonchev–Trinajstić information content (AvgIpc) is 2.83. The van der Waals surface area contributed by atoms with Crippen LogP contribution in [0.5, 0.6) is 0 Å². The largest absolute Gasteiger partial charge is 0.478 e. The molecule has 0 radical (unpaired) electrons. The molecule has 0 aliphatic carbocycles. The summed E-state index contributed by atoms with van der Waals surface area (Å²) in [5.41, 5.74) is 0. The molecule has 0 bridgehead atoms. The number of rotatable bonds is 26. The summed E-state index contributed by atoms with van der Waals surface area (Å²) >= 11 is 0. The van der Waals surface area contributed by atoms with E-state index in [9.17, 15) is 4.79 Å². The third-order valence-electron chi connectivity index (χ3n) is 6.40. The lowest BCUT2D eigenvalue weighted by atomic mass is 10.0. The number of hydrogen-bond donors (Lipinski definition) is 1. The molecule has 196 valence electrons. The monoisotopic (exact) mass is 472 g/mol. The first-order valence-electron chi connectivity index (χ1n) is 14.7. The van der Waals surface area contributed by atoms with E-state index in [4.69, 9.17) is 5.11 Å². The topological polar surface area (TPSA) is 37.3 Å². The van der Waals surface area contributed by atoms with Crippen molar-refractivity contribution in [1.29, 1.82) is 0 Å². The molecule has 0 rings (SSSR count). The molecule has 0 saturated heterocycles. The van der Waals surface area contributed by atoms with Crippen molar-refractivity contribution < 1.29 is 9.90 Å². The number of carbonyl (C=O) groups is 1. The van der Waals surface area contributed by atoms with E-state index in [1.54, 1.807) is 6.08 Å². The third kappa shape index (κ3) is 30.4. The summed E-state index contributed by atoms with van der Waals surface area (Å²) in [5.74, 6) is -0.918. The second kappa shape index (κ2) is 29.5. The van der Waals surface area contributed by atoms with Gasteiger partial charge in [-0.1, -0.05) is 178 Å².